The first kappa shape index (κ1) is 14.1. The molecular formula is C16H20O2S. The monoisotopic (exact) mass is 276 g/mol. The maximum absolute atomic E-state index is 10.2. The summed E-state index contributed by atoms with van der Waals surface area (Å²) in [5, 5.41) is 12.3. The van der Waals surface area contributed by atoms with Gasteiger partial charge in [0.2, 0.25) is 0 Å². The summed E-state index contributed by atoms with van der Waals surface area (Å²) in [5.74, 6) is 0.842. The minimum Gasteiger partial charge on any atom is -0.494 e. The van der Waals surface area contributed by atoms with Crippen LogP contribution in [0.3, 0.4) is 0 Å². The minimum atomic E-state index is -0.424. The molecule has 1 aromatic heterocycles. The summed E-state index contributed by atoms with van der Waals surface area (Å²) in [7, 11) is 0. The van der Waals surface area contributed by atoms with E-state index in [1.807, 2.05) is 30.3 Å². The number of thiophene rings is 1. The fourth-order valence-corrected chi connectivity index (χ4v) is 2.66. The number of aryl methyl sites for hydroxylation is 1. The third-order valence-electron chi connectivity index (χ3n) is 2.96. The zero-order valence-electron chi connectivity index (χ0n) is 11.2. The quantitative estimate of drug-likeness (QED) is 0.821. The van der Waals surface area contributed by atoms with Crippen molar-refractivity contribution in [2.75, 3.05) is 6.61 Å². The van der Waals surface area contributed by atoms with Crippen LogP contribution in [-0.2, 0) is 6.42 Å². The Morgan fingerprint density at radius 2 is 2.16 bits per heavy atom. The Balaban J connectivity index is 1.92. The molecule has 0 saturated heterocycles. The molecule has 2 aromatic rings. The van der Waals surface area contributed by atoms with E-state index in [0.717, 1.165) is 37.2 Å². The lowest BCUT2D eigenvalue weighted by Crippen LogP contribution is -2.01. The molecule has 102 valence electrons. The maximum atomic E-state index is 10.2. The van der Waals surface area contributed by atoms with Gasteiger partial charge in [0.15, 0.2) is 0 Å². The molecule has 0 spiro atoms. The maximum Gasteiger partial charge on any atom is 0.119 e. The summed E-state index contributed by atoms with van der Waals surface area (Å²) in [6.07, 6.45) is 2.23. The second kappa shape index (κ2) is 7.31. The number of hydrogen-bond donors (Lipinski definition) is 1. The molecule has 0 amide bonds. The van der Waals surface area contributed by atoms with E-state index < -0.39 is 6.10 Å². The van der Waals surface area contributed by atoms with Gasteiger partial charge < -0.3 is 9.84 Å². The Morgan fingerprint density at radius 3 is 2.89 bits per heavy atom. The predicted octanol–water partition coefficient (Wildman–Crippen LogP) is 4.20. The van der Waals surface area contributed by atoms with E-state index in [0.29, 0.717) is 0 Å². The fourth-order valence-electron chi connectivity index (χ4n) is 1.93. The normalized spacial score (nSPS) is 12.3. The van der Waals surface area contributed by atoms with Crippen molar-refractivity contribution >= 4 is 11.3 Å². The molecule has 0 fully saturated rings. The lowest BCUT2D eigenvalue weighted by atomic mass is 10.0. The Labute approximate surface area is 118 Å². The molecular weight excluding hydrogens is 256 g/mol. The second-order valence-corrected chi connectivity index (χ2v) is 5.59. The van der Waals surface area contributed by atoms with E-state index in [4.69, 9.17) is 4.74 Å². The van der Waals surface area contributed by atoms with Crippen LogP contribution < -0.4 is 4.74 Å². The Kier molecular flexibility index (Phi) is 5.43. The van der Waals surface area contributed by atoms with Crippen LogP contribution in [0.4, 0.5) is 0 Å². The first-order valence-electron chi connectivity index (χ1n) is 6.73. The molecule has 0 aliphatic heterocycles. The highest BCUT2D eigenvalue weighted by molar-refractivity contribution is 7.09. The van der Waals surface area contributed by atoms with Crippen LogP contribution in [0.2, 0.25) is 0 Å². The minimum absolute atomic E-state index is 0.424. The molecule has 1 aromatic carbocycles. The third kappa shape index (κ3) is 4.37. The first-order chi connectivity index (χ1) is 9.29. The smallest absolute Gasteiger partial charge is 0.119 e. The van der Waals surface area contributed by atoms with Gasteiger partial charge in [-0.25, -0.2) is 0 Å². The predicted molar refractivity (Wildman–Crippen MR) is 79.8 cm³/mol. The van der Waals surface area contributed by atoms with Crippen molar-refractivity contribution in [3.8, 4) is 5.75 Å². The molecule has 0 saturated carbocycles. The van der Waals surface area contributed by atoms with Crippen LogP contribution in [0.25, 0.3) is 0 Å². The number of rotatable bonds is 7. The van der Waals surface area contributed by atoms with Gasteiger partial charge in [-0.1, -0.05) is 25.1 Å². The van der Waals surface area contributed by atoms with E-state index in [1.165, 1.54) is 4.88 Å². The molecule has 3 heteroatoms. The van der Waals surface area contributed by atoms with Gasteiger partial charge in [-0.2, -0.15) is 0 Å². The zero-order valence-corrected chi connectivity index (χ0v) is 12.0. The van der Waals surface area contributed by atoms with Gasteiger partial charge in [0, 0.05) is 4.88 Å². The van der Waals surface area contributed by atoms with Crippen molar-refractivity contribution in [3.05, 3.63) is 52.2 Å². The highest BCUT2D eigenvalue weighted by Gasteiger charge is 2.09. The Morgan fingerprint density at radius 1 is 1.26 bits per heavy atom. The van der Waals surface area contributed by atoms with E-state index >= 15 is 0 Å². The lowest BCUT2D eigenvalue weighted by molar-refractivity contribution is 0.167. The van der Waals surface area contributed by atoms with Crippen molar-refractivity contribution in [1.82, 2.24) is 0 Å². The fraction of sp³-hybridized carbons (Fsp3) is 0.375. The van der Waals surface area contributed by atoms with Crippen LogP contribution in [0.15, 0.2) is 41.8 Å². The highest BCUT2D eigenvalue weighted by atomic mass is 32.1. The topological polar surface area (TPSA) is 29.5 Å². The highest BCUT2D eigenvalue weighted by Crippen LogP contribution is 2.24. The molecule has 2 rings (SSSR count). The number of aliphatic hydroxyl groups is 1. The average Bonchev–Trinajstić information content (AvgIpc) is 2.96. The van der Waals surface area contributed by atoms with Gasteiger partial charge in [-0.15, -0.1) is 11.3 Å². The molecule has 0 aliphatic carbocycles. The molecule has 19 heavy (non-hydrogen) atoms. The van der Waals surface area contributed by atoms with Gasteiger partial charge in [0.1, 0.15) is 5.75 Å². The Hall–Kier alpha value is -1.32. The SMILES string of the molecule is CCCOc1cccc(C(O)CCc2cccs2)c1. The van der Waals surface area contributed by atoms with Crippen LogP contribution in [0, 0.1) is 0 Å². The summed E-state index contributed by atoms with van der Waals surface area (Å²) >= 11 is 1.74. The van der Waals surface area contributed by atoms with Crippen molar-refractivity contribution in [1.29, 1.82) is 0 Å². The van der Waals surface area contributed by atoms with E-state index in [9.17, 15) is 5.11 Å². The molecule has 1 unspecified atom stereocenters. The summed E-state index contributed by atoms with van der Waals surface area (Å²) in [6.45, 7) is 2.80. The van der Waals surface area contributed by atoms with Gasteiger partial charge in [0.05, 0.1) is 12.7 Å². The van der Waals surface area contributed by atoms with E-state index in [-0.39, 0.29) is 0 Å². The number of benzene rings is 1. The zero-order chi connectivity index (χ0) is 13.5. The van der Waals surface area contributed by atoms with E-state index in [2.05, 4.69) is 18.4 Å². The molecule has 1 N–H and O–H groups in total. The second-order valence-electron chi connectivity index (χ2n) is 4.55. The number of aliphatic hydroxyl groups excluding tert-OH is 1. The molecule has 0 bridgehead atoms. The summed E-state index contributed by atoms with van der Waals surface area (Å²) in [6, 6.07) is 11.9. The average molecular weight is 276 g/mol. The van der Waals surface area contributed by atoms with Crippen molar-refractivity contribution < 1.29 is 9.84 Å². The standard InChI is InChI=1S/C16H20O2S/c1-2-10-18-14-6-3-5-13(12-14)16(17)9-8-15-7-4-11-19-15/h3-7,11-12,16-17H,2,8-10H2,1H3. The molecule has 1 atom stereocenters. The van der Waals surface area contributed by atoms with E-state index in [1.54, 1.807) is 11.3 Å². The lowest BCUT2D eigenvalue weighted by Gasteiger charge is -2.12. The van der Waals surface area contributed by atoms with Gasteiger partial charge in [-0.3, -0.25) is 0 Å². The third-order valence-corrected chi connectivity index (χ3v) is 3.90. The summed E-state index contributed by atoms with van der Waals surface area (Å²) < 4.78 is 5.59. The number of ether oxygens (including phenoxy) is 1. The summed E-state index contributed by atoms with van der Waals surface area (Å²) in [5.41, 5.74) is 0.935. The summed E-state index contributed by atoms with van der Waals surface area (Å²) in [4.78, 5) is 1.32. The molecule has 0 radical (unpaired) electrons. The van der Waals surface area contributed by atoms with Crippen molar-refractivity contribution in [3.63, 3.8) is 0 Å². The molecule has 2 nitrogen and oxygen atoms in total. The van der Waals surface area contributed by atoms with Crippen LogP contribution in [-0.4, -0.2) is 11.7 Å². The molecule has 0 aliphatic rings. The van der Waals surface area contributed by atoms with Gasteiger partial charge in [-0.05, 0) is 48.4 Å². The number of hydrogen-bond acceptors (Lipinski definition) is 3. The largest absolute Gasteiger partial charge is 0.494 e. The van der Waals surface area contributed by atoms with Crippen molar-refractivity contribution in [2.45, 2.75) is 32.3 Å². The van der Waals surface area contributed by atoms with Crippen LogP contribution in [0.1, 0.15) is 36.3 Å². The van der Waals surface area contributed by atoms with Crippen molar-refractivity contribution in [2.24, 2.45) is 0 Å². The van der Waals surface area contributed by atoms with Gasteiger partial charge >= 0.3 is 0 Å². The van der Waals surface area contributed by atoms with Crippen LogP contribution in [0.5, 0.6) is 5.75 Å². The molecule has 1 heterocycles. The first-order valence-corrected chi connectivity index (χ1v) is 7.60. The van der Waals surface area contributed by atoms with Gasteiger partial charge in [0.25, 0.3) is 0 Å². The Bertz CT molecular complexity index is 479. The van der Waals surface area contributed by atoms with Crippen LogP contribution >= 0.6 is 11.3 Å².